The van der Waals surface area contributed by atoms with E-state index in [1.807, 2.05) is 12.1 Å². The van der Waals surface area contributed by atoms with Gasteiger partial charge in [0.05, 0.1) is 10.6 Å². The predicted octanol–water partition coefficient (Wildman–Crippen LogP) is 3.72. The Kier molecular flexibility index (Phi) is 5.08. The smallest absolute Gasteiger partial charge is 0.178 e. The second kappa shape index (κ2) is 6.61. The number of nitrogens with one attached hydrogen (secondary N) is 1. The second-order valence-electron chi connectivity index (χ2n) is 5.83. The molecule has 0 aromatic heterocycles. The Bertz CT molecular complexity index is 522. The van der Waals surface area contributed by atoms with Crippen LogP contribution >= 0.6 is 0 Å². The Hall–Kier alpha value is -1.03. The average Bonchev–Trinajstić information content (AvgIpc) is 2.47. The molecule has 1 aromatic carbocycles. The average molecular weight is 295 g/mol. The van der Waals surface area contributed by atoms with E-state index < -0.39 is 9.84 Å². The van der Waals surface area contributed by atoms with E-state index in [1.54, 1.807) is 19.1 Å². The molecule has 0 bridgehead atoms. The quantitative estimate of drug-likeness (QED) is 0.900. The normalized spacial score (nSPS) is 23.5. The summed E-state index contributed by atoms with van der Waals surface area (Å²) >= 11 is 0. The zero-order valence-corrected chi connectivity index (χ0v) is 13.2. The molecule has 0 heterocycles. The van der Waals surface area contributed by atoms with E-state index in [1.165, 1.54) is 25.7 Å². The first-order valence-electron chi connectivity index (χ1n) is 7.59. The molecule has 4 heteroatoms. The van der Waals surface area contributed by atoms with E-state index >= 15 is 0 Å². The molecular formula is C16H25NO2S. The lowest BCUT2D eigenvalue weighted by Crippen LogP contribution is -2.24. The monoisotopic (exact) mass is 295 g/mol. The van der Waals surface area contributed by atoms with Gasteiger partial charge in [-0.3, -0.25) is 0 Å². The van der Waals surface area contributed by atoms with Crippen LogP contribution in [0.15, 0.2) is 29.2 Å². The Morgan fingerprint density at radius 2 is 1.80 bits per heavy atom. The molecule has 1 aliphatic carbocycles. The van der Waals surface area contributed by atoms with Gasteiger partial charge in [-0.15, -0.1) is 0 Å². The summed E-state index contributed by atoms with van der Waals surface area (Å²) in [4.78, 5) is 0.414. The molecule has 0 radical (unpaired) electrons. The molecule has 0 spiro atoms. The van der Waals surface area contributed by atoms with Crippen LogP contribution in [0.3, 0.4) is 0 Å². The summed E-state index contributed by atoms with van der Waals surface area (Å²) in [5.74, 6) is 1.68. The second-order valence-corrected chi connectivity index (χ2v) is 8.11. The molecule has 2 rings (SSSR count). The van der Waals surface area contributed by atoms with Gasteiger partial charge < -0.3 is 5.32 Å². The summed E-state index contributed by atoms with van der Waals surface area (Å²) in [5.41, 5.74) is 1.01. The number of hydrogen-bond acceptors (Lipinski definition) is 3. The summed E-state index contributed by atoms with van der Waals surface area (Å²) in [7, 11) is -3.09. The first kappa shape index (κ1) is 15.4. The van der Waals surface area contributed by atoms with Crippen molar-refractivity contribution in [2.24, 2.45) is 11.8 Å². The molecule has 112 valence electrons. The van der Waals surface area contributed by atoms with Crippen molar-refractivity contribution in [2.45, 2.75) is 44.4 Å². The summed E-state index contributed by atoms with van der Waals surface area (Å²) < 4.78 is 23.5. The van der Waals surface area contributed by atoms with Crippen LogP contribution < -0.4 is 5.32 Å². The van der Waals surface area contributed by atoms with Gasteiger partial charge in [0.15, 0.2) is 9.84 Å². The highest BCUT2D eigenvalue weighted by Gasteiger charge is 2.20. The summed E-state index contributed by atoms with van der Waals surface area (Å²) in [6, 6.07) is 7.14. The molecule has 1 aromatic rings. The fourth-order valence-electron chi connectivity index (χ4n) is 2.89. The van der Waals surface area contributed by atoms with Crippen LogP contribution in [0.25, 0.3) is 0 Å². The van der Waals surface area contributed by atoms with E-state index in [0.29, 0.717) is 4.90 Å². The SMILES string of the molecule is CCS(=O)(=O)c1ccc(NCC2CCCCC2C)cc1. The number of benzene rings is 1. The maximum absolute atomic E-state index is 11.7. The van der Waals surface area contributed by atoms with E-state index in [4.69, 9.17) is 0 Å². The Morgan fingerprint density at radius 3 is 2.40 bits per heavy atom. The van der Waals surface area contributed by atoms with E-state index in [2.05, 4.69) is 12.2 Å². The van der Waals surface area contributed by atoms with Crippen LogP contribution in [-0.4, -0.2) is 20.7 Å². The van der Waals surface area contributed by atoms with Crippen molar-refractivity contribution in [2.75, 3.05) is 17.6 Å². The summed E-state index contributed by atoms with van der Waals surface area (Å²) in [5, 5.41) is 3.45. The van der Waals surface area contributed by atoms with Gasteiger partial charge in [-0.1, -0.05) is 33.1 Å². The minimum absolute atomic E-state index is 0.152. The third-order valence-electron chi connectivity index (χ3n) is 4.45. The lowest BCUT2D eigenvalue weighted by atomic mass is 9.80. The van der Waals surface area contributed by atoms with Gasteiger partial charge in [0.2, 0.25) is 0 Å². The van der Waals surface area contributed by atoms with Gasteiger partial charge in [-0.05, 0) is 42.5 Å². The van der Waals surface area contributed by atoms with Crippen molar-refractivity contribution in [3.8, 4) is 0 Å². The first-order chi connectivity index (χ1) is 9.53. The first-order valence-corrected chi connectivity index (χ1v) is 9.25. The molecule has 2 unspecified atom stereocenters. The number of rotatable bonds is 5. The summed E-state index contributed by atoms with van der Waals surface area (Å²) in [6.07, 6.45) is 5.34. The van der Waals surface area contributed by atoms with Gasteiger partial charge >= 0.3 is 0 Å². The molecule has 0 aliphatic heterocycles. The van der Waals surface area contributed by atoms with Crippen molar-refractivity contribution in [3.05, 3.63) is 24.3 Å². The maximum Gasteiger partial charge on any atom is 0.178 e. The maximum atomic E-state index is 11.7. The standard InChI is InChI=1S/C16H25NO2S/c1-3-20(18,19)16-10-8-15(9-11-16)17-12-14-7-5-4-6-13(14)2/h8-11,13-14,17H,3-7,12H2,1-2H3. The molecule has 0 amide bonds. The van der Waals surface area contributed by atoms with Gasteiger partial charge in [0, 0.05) is 12.2 Å². The largest absolute Gasteiger partial charge is 0.385 e. The van der Waals surface area contributed by atoms with Crippen LogP contribution in [0.2, 0.25) is 0 Å². The zero-order valence-electron chi connectivity index (χ0n) is 12.4. The number of hydrogen-bond donors (Lipinski definition) is 1. The molecule has 20 heavy (non-hydrogen) atoms. The van der Waals surface area contributed by atoms with Crippen LogP contribution in [0.1, 0.15) is 39.5 Å². The van der Waals surface area contributed by atoms with Crippen molar-refractivity contribution in [1.82, 2.24) is 0 Å². The lowest BCUT2D eigenvalue weighted by Gasteiger charge is -2.29. The number of sulfone groups is 1. The van der Waals surface area contributed by atoms with Crippen molar-refractivity contribution >= 4 is 15.5 Å². The third-order valence-corrected chi connectivity index (χ3v) is 6.20. The third kappa shape index (κ3) is 3.75. The van der Waals surface area contributed by atoms with Gasteiger partial charge in [-0.2, -0.15) is 0 Å². The number of anilines is 1. The minimum Gasteiger partial charge on any atom is -0.385 e. The van der Waals surface area contributed by atoms with Gasteiger partial charge in [0.25, 0.3) is 0 Å². The molecular weight excluding hydrogens is 270 g/mol. The Balaban J connectivity index is 1.94. The molecule has 3 nitrogen and oxygen atoms in total. The molecule has 0 saturated heterocycles. The predicted molar refractivity (Wildman–Crippen MR) is 83.8 cm³/mol. The highest BCUT2D eigenvalue weighted by atomic mass is 32.2. The Labute approximate surface area is 122 Å². The van der Waals surface area contributed by atoms with Crippen LogP contribution in [0, 0.1) is 11.8 Å². The van der Waals surface area contributed by atoms with Crippen molar-refractivity contribution in [1.29, 1.82) is 0 Å². The van der Waals surface area contributed by atoms with E-state index in [-0.39, 0.29) is 5.75 Å². The molecule has 1 N–H and O–H groups in total. The van der Waals surface area contributed by atoms with E-state index in [9.17, 15) is 8.42 Å². The lowest BCUT2D eigenvalue weighted by molar-refractivity contribution is 0.268. The molecule has 1 saturated carbocycles. The zero-order chi connectivity index (χ0) is 14.6. The van der Waals surface area contributed by atoms with Crippen LogP contribution in [-0.2, 0) is 9.84 Å². The highest BCUT2D eigenvalue weighted by Crippen LogP contribution is 2.29. The Morgan fingerprint density at radius 1 is 1.15 bits per heavy atom. The van der Waals surface area contributed by atoms with Crippen molar-refractivity contribution < 1.29 is 8.42 Å². The molecule has 2 atom stereocenters. The highest BCUT2D eigenvalue weighted by molar-refractivity contribution is 7.91. The molecule has 1 fully saturated rings. The van der Waals surface area contributed by atoms with E-state index in [0.717, 1.165) is 24.1 Å². The topological polar surface area (TPSA) is 46.2 Å². The van der Waals surface area contributed by atoms with Crippen LogP contribution in [0.5, 0.6) is 0 Å². The fourth-order valence-corrected chi connectivity index (χ4v) is 3.78. The van der Waals surface area contributed by atoms with Gasteiger partial charge in [-0.25, -0.2) is 8.42 Å². The van der Waals surface area contributed by atoms with Crippen molar-refractivity contribution in [3.63, 3.8) is 0 Å². The van der Waals surface area contributed by atoms with Crippen LogP contribution in [0.4, 0.5) is 5.69 Å². The summed E-state index contributed by atoms with van der Waals surface area (Å²) in [6.45, 7) is 5.00. The van der Waals surface area contributed by atoms with Gasteiger partial charge in [0.1, 0.15) is 0 Å². The minimum atomic E-state index is -3.09. The fraction of sp³-hybridized carbons (Fsp3) is 0.625. The molecule has 1 aliphatic rings.